The lowest BCUT2D eigenvalue weighted by molar-refractivity contribution is -0.117. The predicted molar refractivity (Wildman–Crippen MR) is 86.7 cm³/mol. The third-order valence-electron chi connectivity index (χ3n) is 3.24. The maximum atomic E-state index is 11.8. The number of anilines is 1. The van der Waals surface area contributed by atoms with Crippen molar-refractivity contribution in [2.75, 3.05) is 12.4 Å². The zero-order valence-electron chi connectivity index (χ0n) is 13.4. The molecule has 0 radical (unpaired) electrons. The molecule has 0 saturated heterocycles. The number of amides is 1. The standard InChI is InChI=1S/C16H20N4O3/c1-4-12(17)15(21)20-16-18-8-7-14(19-16)23-11-6-5-10(2)13(9-11)22-3/h5-9,12H,4,17H2,1-3H3,(H,18,19,20,21)/t12-/m1/s1. The van der Waals surface area contributed by atoms with E-state index in [1.807, 2.05) is 26.0 Å². The van der Waals surface area contributed by atoms with E-state index >= 15 is 0 Å². The van der Waals surface area contributed by atoms with Crippen LogP contribution in [0.15, 0.2) is 30.5 Å². The van der Waals surface area contributed by atoms with E-state index in [0.717, 1.165) is 11.3 Å². The van der Waals surface area contributed by atoms with E-state index in [-0.39, 0.29) is 11.9 Å². The lowest BCUT2D eigenvalue weighted by Crippen LogP contribution is -2.35. The van der Waals surface area contributed by atoms with E-state index in [2.05, 4.69) is 15.3 Å². The second kappa shape index (κ2) is 7.55. The second-order valence-electron chi connectivity index (χ2n) is 4.96. The van der Waals surface area contributed by atoms with Gasteiger partial charge in [0.1, 0.15) is 11.5 Å². The van der Waals surface area contributed by atoms with Crippen LogP contribution in [0.5, 0.6) is 17.4 Å². The first kappa shape index (κ1) is 16.7. The van der Waals surface area contributed by atoms with E-state index in [1.54, 1.807) is 19.2 Å². The number of nitrogens with one attached hydrogen (secondary N) is 1. The smallest absolute Gasteiger partial charge is 0.243 e. The average Bonchev–Trinajstić information content (AvgIpc) is 2.56. The minimum absolute atomic E-state index is 0.149. The SMILES string of the molecule is CC[C@@H](N)C(=O)Nc1nccc(Oc2ccc(C)c(OC)c2)n1. The molecule has 1 heterocycles. The fraction of sp³-hybridized carbons (Fsp3) is 0.312. The number of hydrogen-bond donors (Lipinski definition) is 2. The van der Waals surface area contributed by atoms with Crippen LogP contribution in [0.3, 0.4) is 0 Å². The minimum atomic E-state index is -0.593. The van der Waals surface area contributed by atoms with Crippen LogP contribution in [-0.4, -0.2) is 29.0 Å². The van der Waals surface area contributed by atoms with Gasteiger partial charge >= 0.3 is 0 Å². The number of rotatable bonds is 6. The summed E-state index contributed by atoms with van der Waals surface area (Å²) in [5.74, 6) is 1.43. The van der Waals surface area contributed by atoms with Crippen molar-refractivity contribution < 1.29 is 14.3 Å². The van der Waals surface area contributed by atoms with E-state index in [4.69, 9.17) is 15.2 Å². The zero-order valence-corrected chi connectivity index (χ0v) is 13.4. The summed E-state index contributed by atoms with van der Waals surface area (Å²) in [6.07, 6.45) is 2.03. The van der Waals surface area contributed by atoms with Gasteiger partial charge in [-0.15, -0.1) is 0 Å². The van der Waals surface area contributed by atoms with Crippen molar-refractivity contribution in [2.45, 2.75) is 26.3 Å². The molecule has 1 aromatic carbocycles. The summed E-state index contributed by atoms with van der Waals surface area (Å²) in [6.45, 7) is 3.77. The number of nitrogens with zero attached hydrogens (tertiary/aromatic N) is 2. The summed E-state index contributed by atoms with van der Waals surface area (Å²) < 4.78 is 10.9. The van der Waals surface area contributed by atoms with Crippen LogP contribution in [0, 0.1) is 6.92 Å². The molecular weight excluding hydrogens is 296 g/mol. The highest BCUT2D eigenvalue weighted by atomic mass is 16.5. The van der Waals surface area contributed by atoms with E-state index in [0.29, 0.717) is 18.1 Å². The Bertz CT molecular complexity index is 691. The van der Waals surface area contributed by atoms with E-state index in [9.17, 15) is 4.79 Å². The third-order valence-corrected chi connectivity index (χ3v) is 3.24. The number of methoxy groups -OCH3 is 1. The third kappa shape index (κ3) is 4.40. The van der Waals surface area contributed by atoms with Gasteiger partial charge in [-0.1, -0.05) is 13.0 Å². The summed E-state index contributed by atoms with van der Waals surface area (Å²) in [6, 6.07) is 6.47. The highest BCUT2D eigenvalue weighted by molar-refractivity contribution is 5.93. The normalized spacial score (nSPS) is 11.7. The van der Waals surface area contributed by atoms with Gasteiger partial charge in [-0.25, -0.2) is 4.98 Å². The van der Waals surface area contributed by atoms with Gasteiger partial charge in [0.15, 0.2) is 0 Å². The molecule has 0 bridgehead atoms. The number of ether oxygens (including phenoxy) is 2. The van der Waals surface area contributed by atoms with Crippen LogP contribution >= 0.6 is 0 Å². The molecule has 7 heteroatoms. The van der Waals surface area contributed by atoms with Crippen molar-refractivity contribution in [2.24, 2.45) is 5.73 Å². The van der Waals surface area contributed by atoms with Gasteiger partial charge < -0.3 is 15.2 Å². The Morgan fingerprint density at radius 3 is 2.87 bits per heavy atom. The Morgan fingerprint density at radius 2 is 2.17 bits per heavy atom. The van der Waals surface area contributed by atoms with Gasteiger partial charge in [0.2, 0.25) is 17.7 Å². The van der Waals surface area contributed by atoms with Gasteiger partial charge in [0.25, 0.3) is 0 Å². The Balaban J connectivity index is 2.12. The van der Waals surface area contributed by atoms with Crippen LogP contribution < -0.4 is 20.5 Å². The molecule has 0 fully saturated rings. The number of hydrogen-bond acceptors (Lipinski definition) is 6. The number of aryl methyl sites for hydroxylation is 1. The second-order valence-corrected chi connectivity index (χ2v) is 4.96. The number of benzene rings is 1. The largest absolute Gasteiger partial charge is 0.496 e. The topological polar surface area (TPSA) is 99.4 Å². The Labute approximate surface area is 134 Å². The summed E-state index contributed by atoms with van der Waals surface area (Å²) >= 11 is 0. The fourth-order valence-electron chi connectivity index (χ4n) is 1.83. The van der Waals surface area contributed by atoms with Crippen molar-refractivity contribution >= 4 is 11.9 Å². The first-order valence-electron chi connectivity index (χ1n) is 7.25. The monoisotopic (exact) mass is 316 g/mol. The molecule has 1 atom stereocenters. The molecule has 0 aliphatic carbocycles. The first-order valence-corrected chi connectivity index (χ1v) is 7.25. The molecule has 3 N–H and O–H groups in total. The molecular formula is C16H20N4O3. The molecule has 0 aliphatic heterocycles. The molecule has 2 rings (SSSR count). The van der Waals surface area contributed by atoms with Crippen LogP contribution in [-0.2, 0) is 4.79 Å². The lowest BCUT2D eigenvalue weighted by atomic mass is 10.2. The first-order chi connectivity index (χ1) is 11.0. The number of carbonyl (C=O) groups is 1. The van der Waals surface area contributed by atoms with Crippen molar-refractivity contribution in [3.8, 4) is 17.4 Å². The van der Waals surface area contributed by atoms with E-state index < -0.39 is 6.04 Å². The van der Waals surface area contributed by atoms with Crippen LogP contribution in [0.1, 0.15) is 18.9 Å². The fourth-order valence-corrected chi connectivity index (χ4v) is 1.83. The zero-order chi connectivity index (χ0) is 16.8. The van der Waals surface area contributed by atoms with Crippen molar-refractivity contribution in [3.63, 3.8) is 0 Å². The Kier molecular flexibility index (Phi) is 5.48. The highest BCUT2D eigenvalue weighted by Crippen LogP contribution is 2.27. The molecule has 7 nitrogen and oxygen atoms in total. The summed E-state index contributed by atoms with van der Waals surface area (Å²) in [5.41, 5.74) is 6.66. The summed E-state index contributed by atoms with van der Waals surface area (Å²) in [7, 11) is 1.60. The molecule has 1 amide bonds. The molecule has 0 spiro atoms. The van der Waals surface area contributed by atoms with Crippen molar-refractivity contribution in [1.29, 1.82) is 0 Å². The van der Waals surface area contributed by atoms with Gasteiger partial charge in [0, 0.05) is 18.3 Å². The van der Waals surface area contributed by atoms with Crippen LogP contribution in [0.25, 0.3) is 0 Å². The van der Waals surface area contributed by atoms with Gasteiger partial charge in [0.05, 0.1) is 13.2 Å². The minimum Gasteiger partial charge on any atom is -0.496 e. The van der Waals surface area contributed by atoms with Crippen LogP contribution in [0.4, 0.5) is 5.95 Å². The molecule has 1 aromatic heterocycles. The lowest BCUT2D eigenvalue weighted by Gasteiger charge is -2.11. The van der Waals surface area contributed by atoms with Crippen LogP contribution in [0.2, 0.25) is 0 Å². The Hall–Kier alpha value is -2.67. The number of carbonyl (C=O) groups excluding carboxylic acids is 1. The highest BCUT2D eigenvalue weighted by Gasteiger charge is 2.13. The molecule has 23 heavy (non-hydrogen) atoms. The van der Waals surface area contributed by atoms with Gasteiger partial charge in [-0.05, 0) is 25.0 Å². The maximum absolute atomic E-state index is 11.8. The van der Waals surface area contributed by atoms with Gasteiger partial charge in [-0.2, -0.15) is 4.98 Å². The molecule has 122 valence electrons. The Morgan fingerprint density at radius 1 is 1.39 bits per heavy atom. The summed E-state index contributed by atoms with van der Waals surface area (Å²) in [5, 5.41) is 2.56. The number of nitrogens with two attached hydrogens (primary N) is 1. The quantitative estimate of drug-likeness (QED) is 0.848. The van der Waals surface area contributed by atoms with Crippen molar-refractivity contribution in [1.82, 2.24) is 9.97 Å². The van der Waals surface area contributed by atoms with E-state index in [1.165, 1.54) is 6.20 Å². The van der Waals surface area contributed by atoms with Gasteiger partial charge in [-0.3, -0.25) is 10.1 Å². The molecule has 2 aromatic rings. The number of aromatic nitrogens is 2. The van der Waals surface area contributed by atoms with Crippen molar-refractivity contribution in [3.05, 3.63) is 36.0 Å². The maximum Gasteiger partial charge on any atom is 0.243 e. The molecule has 0 saturated carbocycles. The predicted octanol–water partition coefficient (Wildman–Crippen LogP) is 2.26. The molecule has 0 aliphatic rings. The molecule has 0 unspecified atom stereocenters. The summed E-state index contributed by atoms with van der Waals surface area (Å²) in [4.78, 5) is 19.9. The average molecular weight is 316 g/mol.